The van der Waals surface area contributed by atoms with E-state index < -0.39 is 10.0 Å². The lowest BCUT2D eigenvalue weighted by atomic mass is 10.4. The molecule has 0 aromatic carbocycles. The van der Waals surface area contributed by atoms with Crippen molar-refractivity contribution >= 4 is 21.4 Å². The van der Waals surface area contributed by atoms with Crippen molar-refractivity contribution in [2.75, 3.05) is 33.2 Å². The van der Waals surface area contributed by atoms with E-state index >= 15 is 0 Å². The lowest BCUT2D eigenvalue weighted by Gasteiger charge is -2.31. The van der Waals surface area contributed by atoms with Gasteiger partial charge in [-0.3, -0.25) is 0 Å². The Balaban J connectivity index is 1.67. The summed E-state index contributed by atoms with van der Waals surface area (Å²) in [6, 6.07) is 2.48. The highest BCUT2D eigenvalue weighted by molar-refractivity contribution is 7.89. The first-order chi connectivity index (χ1) is 9.55. The van der Waals surface area contributed by atoms with Crippen LogP contribution in [-0.4, -0.2) is 56.9 Å². The number of nitrogens with one attached hydrogen (secondary N) is 1. The van der Waals surface area contributed by atoms with Gasteiger partial charge >= 0.3 is 0 Å². The van der Waals surface area contributed by atoms with E-state index in [-0.39, 0.29) is 0 Å². The van der Waals surface area contributed by atoms with Gasteiger partial charge in [-0.15, -0.1) is 11.3 Å². The van der Waals surface area contributed by atoms with Gasteiger partial charge in [0.25, 0.3) is 0 Å². The zero-order valence-electron chi connectivity index (χ0n) is 11.7. The van der Waals surface area contributed by atoms with Gasteiger partial charge in [-0.05, 0) is 26.0 Å². The Morgan fingerprint density at radius 2 is 2.00 bits per heavy atom. The number of hydrogen-bond acceptors (Lipinski definition) is 5. The van der Waals surface area contributed by atoms with Crippen LogP contribution in [0.3, 0.4) is 0 Å². The molecule has 2 aliphatic rings. The van der Waals surface area contributed by atoms with Gasteiger partial charge in [0.05, 0.1) is 4.90 Å². The zero-order valence-corrected chi connectivity index (χ0v) is 13.3. The van der Waals surface area contributed by atoms with Gasteiger partial charge in [0.15, 0.2) is 0 Å². The van der Waals surface area contributed by atoms with Crippen LogP contribution in [0.1, 0.15) is 17.7 Å². The predicted molar refractivity (Wildman–Crippen MR) is 80.4 cm³/mol. The molecule has 1 saturated heterocycles. The Hall–Kier alpha value is -0.470. The van der Waals surface area contributed by atoms with Gasteiger partial charge in [0, 0.05) is 49.0 Å². The maximum atomic E-state index is 12.6. The Morgan fingerprint density at radius 1 is 1.30 bits per heavy atom. The summed E-state index contributed by atoms with van der Waals surface area (Å²) in [6.45, 7) is 3.57. The lowest BCUT2D eigenvalue weighted by molar-refractivity contribution is 0.222. The molecule has 0 atom stereocenters. The first-order valence-corrected chi connectivity index (χ1v) is 9.37. The topological polar surface area (TPSA) is 52.7 Å². The minimum Gasteiger partial charge on any atom is -0.309 e. The van der Waals surface area contributed by atoms with Crippen molar-refractivity contribution in [1.29, 1.82) is 0 Å². The molecule has 1 N–H and O–H groups in total. The number of rotatable bonds is 5. The fourth-order valence-electron chi connectivity index (χ4n) is 2.30. The molecule has 1 aromatic rings. The van der Waals surface area contributed by atoms with Crippen LogP contribution >= 0.6 is 11.3 Å². The molecule has 20 heavy (non-hydrogen) atoms. The van der Waals surface area contributed by atoms with Crippen LogP contribution in [0.25, 0.3) is 0 Å². The number of sulfonamides is 1. The van der Waals surface area contributed by atoms with E-state index in [1.54, 1.807) is 9.69 Å². The van der Waals surface area contributed by atoms with Crippen LogP contribution in [0.2, 0.25) is 0 Å². The third-order valence-electron chi connectivity index (χ3n) is 3.87. The maximum absolute atomic E-state index is 12.6. The Labute approximate surface area is 124 Å². The first-order valence-electron chi connectivity index (χ1n) is 7.05. The van der Waals surface area contributed by atoms with Gasteiger partial charge < -0.3 is 10.2 Å². The second kappa shape index (κ2) is 5.73. The lowest BCUT2D eigenvalue weighted by Crippen LogP contribution is -2.46. The summed E-state index contributed by atoms with van der Waals surface area (Å²) in [4.78, 5) is 3.72. The molecule has 0 bridgehead atoms. The second-order valence-electron chi connectivity index (χ2n) is 5.61. The molecule has 3 rings (SSSR count). The van der Waals surface area contributed by atoms with Crippen LogP contribution in [0.15, 0.2) is 16.3 Å². The normalized spacial score (nSPS) is 22.2. The fraction of sp³-hybridized carbons (Fsp3) is 0.692. The zero-order chi connectivity index (χ0) is 14.2. The van der Waals surface area contributed by atoms with E-state index in [1.807, 2.05) is 13.1 Å². The molecule has 0 unspecified atom stereocenters. The summed E-state index contributed by atoms with van der Waals surface area (Å²) >= 11 is 1.53. The number of thiophene rings is 1. The highest BCUT2D eigenvalue weighted by atomic mass is 32.2. The molecule has 1 aromatic heterocycles. The van der Waals surface area contributed by atoms with E-state index in [0.717, 1.165) is 24.5 Å². The molecule has 0 radical (unpaired) electrons. The second-order valence-corrected chi connectivity index (χ2v) is 8.54. The maximum Gasteiger partial charge on any atom is 0.243 e. The number of nitrogens with zero attached hydrogens (tertiary/aromatic N) is 2. The summed E-state index contributed by atoms with van der Waals surface area (Å²) in [5.41, 5.74) is 0. The minimum absolute atomic E-state index is 0.458. The van der Waals surface area contributed by atoms with Gasteiger partial charge in [0.2, 0.25) is 10.0 Å². The molecular formula is C13H21N3O2S2. The first kappa shape index (κ1) is 14.5. The van der Waals surface area contributed by atoms with Crippen LogP contribution in [0.5, 0.6) is 0 Å². The summed E-state index contributed by atoms with van der Waals surface area (Å²) < 4.78 is 26.7. The van der Waals surface area contributed by atoms with E-state index in [4.69, 9.17) is 0 Å². The molecule has 1 saturated carbocycles. The number of piperazine rings is 1. The van der Waals surface area contributed by atoms with E-state index in [1.165, 1.54) is 24.2 Å². The summed E-state index contributed by atoms with van der Waals surface area (Å²) in [5.74, 6) is 0. The molecule has 2 heterocycles. The molecule has 0 spiro atoms. The average molecular weight is 315 g/mol. The highest BCUT2D eigenvalue weighted by Crippen LogP contribution is 2.25. The van der Waals surface area contributed by atoms with Gasteiger partial charge in [-0.25, -0.2) is 8.42 Å². The molecule has 0 amide bonds. The highest BCUT2D eigenvalue weighted by Gasteiger charge is 2.28. The minimum atomic E-state index is -3.30. The molecule has 1 aliphatic carbocycles. The molecule has 1 aliphatic heterocycles. The summed E-state index contributed by atoms with van der Waals surface area (Å²) in [5, 5.41) is 5.19. The van der Waals surface area contributed by atoms with Crippen LogP contribution in [0.4, 0.5) is 0 Å². The SMILES string of the molecule is CN1CCN(S(=O)(=O)c2csc(CNC3CC3)c2)CC1. The van der Waals surface area contributed by atoms with E-state index in [2.05, 4.69) is 10.2 Å². The van der Waals surface area contributed by atoms with Gasteiger partial charge in [0.1, 0.15) is 0 Å². The van der Waals surface area contributed by atoms with Crippen LogP contribution < -0.4 is 5.32 Å². The fourth-order valence-corrected chi connectivity index (χ4v) is 4.93. The van der Waals surface area contributed by atoms with Crippen molar-refractivity contribution in [3.8, 4) is 0 Å². The monoisotopic (exact) mass is 315 g/mol. The van der Waals surface area contributed by atoms with Crippen molar-refractivity contribution in [2.45, 2.75) is 30.3 Å². The number of likely N-dealkylation sites (N-methyl/N-ethyl adjacent to an activating group) is 1. The van der Waals surface area contributed by atoms with E-state index in [0.29, 0.717) is 24.0 Å². The van der Waals surface area contributed by atoms with Crippen molar-refractivity contribution in [1.82, 2.24) is 14.5 Å². The summed E-state index contributed by atoms with van der Waals surface area (Å²) in [6.07, 6.45) is 2.50. The molecule has 2 fully saturated rings. The molecule has 5 nitrogen and oxygen atoms in total. The largest absolute Gasteiger partial charge is 0.309 e. The predicted octanol–water partition coefficient (Wildman–Crippen LogP) is 0.936. The average Bonchev–Trinajstić information content (AvgIpc) is 3.13. The molecule has 7 heteroatoms. The molecular weight excluding hydrogens is 294 g/mol. The van der Waals surface area contributed by atoms with Gasteiger partial charge in [-0.1, -0.05) is 0 Å². The Bertz CT molecular complexity index is 558. The van der Waals surface area contributed by atoms with Crippen molar-refractivity contribution in [3.05, 3.63) is 16.3 Å². The van der Waals surface area contributed by atoms with Gasteiger partial charge in [-0.2, -0.15) is 4.31 Å². The summed E-state index contributed by atoms with van der Waals surface area (Å²) in [7, 11) is -1.27. The van der Waals surface area contributed by atoms with Crippen molar-refractivity contribution < 1.29 is 8.42 Å². The third-order valence-corrected chi connectivity index (χ3v) is 6.83. The third kappa shape index (κ3) is 3.23. The van der Waals surface area contributed by atoms with Crippen LogP contribution in [0, 0.1) is 0 Å². The van der Waals surface area contributed by atoms with Crippen molar-refractivity contribution in [2.24, 2.45) is 0 Å². The molecule has 112 valence electrons. The quantitative estimate of drug-likeness (QED) is 0.878. The van der Waals surface area contributed by atoms with Crippen LogP contribution in [-0.2, 0) is 16.6 Å². The van der Waals surface area contributed by atoms with E-state index in [9.17, 15) is 8.42 Å². The Kier molecular flexibility index (Phi) is 4.14. The number of hydrogen-bond donors (Lipinski definition) is 1. The van der Waals surface area contributed by atoms with Crippen molar-refractivity contribution in [3.63, 3.8) is 0 Å². The Morgan fingerprint density at radius 3 is 2.65 bits per heavy atom. The standard InChI is InChI=1S/C13H21N3O2S2/c1-15-4-6-16(7-5-15)20(17,18)13-8-12(19-10-13)9-14-11-2-3-11/h8,10-11,14H,2-7,9H2,1H3. The smallest absolute Gasteiger partial charge is 0.243 e.